The fraction of sp³-hybridized carbons (Fsp3) is 0.400. The van der Waals surface area contributed by atoms with Crippen LogP contribution in [-0.2, 0) is 9.59 Å². The van der Waals surface area contributed by atoms with Gasteiger partial charge >= 0.3 is 0 Å². The number of amides is 2. The molecule has 0 saturated carbocycles. The van der Waals surface area contributed by atoms with Gasteiger partial charge in [-0.3, -0.25) is 14.5 Å². The van der Waals surface area contributed by atoms with Crippen LogP contribution in [0.25, 0.3) is 0 Å². The zero-order chi connectivity index (χ0) is 23.8. The zero-order valence-corrected chi connectivity index (χ0v) is 22.0. The second-order valence-electron chi connectivity index (χ2n) is 8.04. The van der Waals surface area contributed by atoms with Gasteiger partial charge in [0.1, 0.15) is 11.8 Å². The van der Waals surface area contributed by atoms with E-state index in [4.69, 9.17) is 17.0 Å². The smallest absolute Gasteiger partial charge is 0.256 e. The maximum Gasteiger partial charge on any atom is 0.256 e. The van der Waals surface area contributed by atoms with Gasteiger partial charge in [-0.05, 0) is 89.8 Å². The SMILES string of the molecule is CCCCCCCN1C(=S)N(c2ccc(OC)cc2)C(=O)C1CC(=O)Nc1ccc(I)cc1. The highest BCUT2D eigenvalue weighted by atomic mass is 127. The molecule has 2 aromatic carbocycles. The van der Waals surface area contributed by atoms with Crippen LogP contribution in [0.2, 0.25) is 0 Å². The highest BCUT2D eigenvalue weighted by molar-refractivity contribution is 14.1. The summed E-state index contributed by atoms with van der Waals surface area (Å²) in [6, 6.07) is 14.2. The lowest BCUT2D eigenvalue weighted by atomic mass is 10.1. The molecule has 0 spiro atoms. The number of unbranched alkanes of at least 4 members (excludes halogenated alkanes) is 4. The Balaban J connectivity index is 1.75. The van der Waals surface area contributed by atoms with Gasteiger partial charge in [0.25, 0.3) is 5.91 Å². The molecule has 1 aliphatic rings. The summed E-state index contributed by atoms with van der Waals surface area (Å²) in [4.78, 5) is 29.7. The number of nitrogens with zero attached hydrogens (tertiary/aromatic N) is 2. The van der Waals surface area contributed by atoms with Crippen LogP contribution in [0, 0.1) is 3.57 Å². The van der Waals surface area contributed by atoms with Gasteiger partial charge in [0, 0.05) is 15.8 Å². The van der Waals surface area contributed by atoms with Gasteiger partial charge < -0.3 is 15.0 Å². The molecule has 1 heterocycles. The van der Waals surface area contributed by atoms with Crippen molar-refractivity contribution in [3.63, 3.8) is 0 Å². The van der Waals surface area contributed by atoms with Crippen molar-refractivity contribution in [1.29, 1.82) is 0 Å². The molecule has 1 fully saturated rings. The van der Waals surface area contributed by atoms with Crippen LogP contribution in [0.5, 0.6) is 5.75 Å². The number of benzene rings is 2. The highest BCUT2D eigenvalue weighted by Gasteiger charge is 2.43. The Morgan fingerprint density at radius 3 is 2.36 bits per heavy atom. The van der Waals surface area contributed by atoms with Gasteiger partial charge in [-0.25, -0.2) is 0 Å². The van der Waals surface area contributed by atoms with Gasteiger partial charge in [0.15, 0.2) is 5.11 Å². The number of hydrogen-bond donors (Lipinski definition) is 1. The Kier molecular flexibility index (Phi) is 9.49. The zero-order valence-electron chi connectivity index (χ0n) is 19.1. The topological polar surface area (TPSA) is 61.9 Å². The third-order valence-corrected chi connectivity index (χ3v) is 6.79. The molecule has 8 heteroatoms. The largest absolute Gasteiger partial charge is 0.497 e. The molecule has 6 nitrogen and oxygen atoms in total. The monoisotopic (exact) mass is 579 g/mol. The van der Waals surface area contributed by atoms with Crippen LogP contribution < -0.4 is 15.0 Å². The summed E-state index contributed by atoms with van der Waals surface area (Å²) >= 11 is 7.94. The molecule has 0 radical (unpaired) electrons. The Morgan fingerprint density at radius 2 is 1.73 bits per heavy atom. The van der Waals surface area contributed by atoms with Crippen LogP contribution in [0.15, 0.2) is 48.5 Å². The molecule has 1 aliphatic heterocycles. The fourth-order valence-electron chi connectivity index (χ4n) is 3.86. The summed E-state index contributed by atoms with van der Waals surface area (Å²) in [7, 11) is 1.60. The van der Waals surface area contributed by atoms with E-state index >= 15 is 0 Å². The van der Waals surface area contributed by atoms with Gasteiger partial charge in [0.2, 0.25) is 5.91 Å². The first kappa shape index (κ1) is 25.4. The van der Waals surface area contributed by atoms with Crippen molar-refractivity contribution in [2.75, 3.05) is 23.9 Å². The van der Waals surface area contributed by atoms with Crippen molar-refractivity contribution in [1.82, 2.24) is 4.90 Å². The lowest BCUT2D eigenvalue weighted by molar-refractivity contribution is -0.124. The Hall–Kier alpha value is -2.20. The summed E-state index contributed by atoms with van der Waals surface area (Å²) in [5, 5.41) is 3.36. The number of rotatable bonds is 11. The molecular weight excluding hydrogens is 549 g/mol. The van der Waals surface area contributed by atoms with E-state index in [0.717, 1.165) is 22.8 Å². The molecule has 33 heavy (non-hydrogen) atoms. The maximum absolute atomic E-state index is 13.4. The normalized spacial score (nSPS) is 15.8. The number of carbonyl (C=O) groups is 2. The van der Waals surface area contributed by atoms with E-state index < -0.39 is 6.04 Å². The van der Waals surface area contributed by atoms with E-state index in [9.17, 15) is 9.59 Å². The minimum atomic E-state index is -0.616. The lowest BCUT2D eigenvalue weighted by Crippen LogP contribution is -2.38. The highest BCUT2D eigenvalue weighted by Crippen LogP contribution is 2.29. The van der Waals surface area contributed by atoms with Crippen LogP contribution in [-0.4, -0.2) is 41.5 Å². The average Bonchev–Trinajstić information content (AvgIpc) is 3.04. The van der Waals surface area contributed by atoms with Gasteiger partial charge in [-0.1, -0.05) is 32.6 Å². The van der Waals surface area contributed by atoms with E-state index in [-0.39, 0.29) is 18.2 Å². The molecule has 0 bridgehead atoms. The van der Waals surface area contributed by atoms with Crippen molar-refractivity contribution in [2.24, 2.45) is 0 Å². The predicted molar refractivity (Wildman–Crippen MR) is 145 cm³/mol. The van der Waals surface area contributed by atoms with Crippen LogP contribution in [0.3, 0.4) is 0 Å². The summed E-state index contributed by atoms with van der Waals surface area (Å²) in [5.41, 5.74) is 1.40. The minimum absolute atomic E-state index is 0.0482. The number of anilines is 2. The van der Waals surface area contributed by atoms with Crippen molar-refractivity contribution >= 4 is 63.1 Å². The summed E-state index contributed by atoms with van der Waals surface area (Å²) in [6.45, 7) is 2.84. The molecule has 2 aromatic rings. The lowest BCUT2D eigenvalue weighted by Gasteiger charge is -2.24. The minimum Gasteiger partial charge on any atom is -0.497 e. The summed E-state index contributed by atoms with van der Waals surface area (Å²) < 4.78 is 6.32. The third kappa shape index (κ3) is 6.66. The molecule has 1 unspecified atom stereocenters. The molecule has 1 N–H and O–H groups in total. The first-order valence-corrected chi connectivity index (χ1v) is 12.8. The van der Waals surface area contributed by atoms with Crippen molar-refractivity contribution < 1.29 is 14.3 Å². The van der Waals surface area contributed by atoms with Crippen LogP contribution in [0.1, 0.15) is 45.4 Å². The molecule has 176 valence electrons. The molecule has 1 saturated heterocycles. The molecule has 3 rings (SSSR count). The van der Waals surface area contributed by atoms with Crippen LogP contribution in [0.4, 0.5) is 11.4 Å². The van der Waals surface area contributed by atoms with E-state index in [1.807, 2.05) is 41.3 Å². The Labute approximate surface area is 214 Å². The van der Waals surface area contributed by atoms with Crippen molar-refractivity contribution in [3.8, 4) is 5.75 Å². The van der Waals surface area contributed by atoms with E-state index in [0.29, 0.717) is 28.8 Å². The fourth-order valence-corrected chi connectivity index (χ4v) is 4.64. The first-order chi connectivity index (χ1) is 15.9. The van der Waals surface area contributed by atoms with E-state index in [1.165, 1.54) is 12.8 Å². The number of methoxy groups -OCH3 is 1. The predicted octanol–water partition coefficient (Wildman–Crippen LogP) is 5.60. The Morgan fingerprint density at radius 1 is 1.06 bits per heavy atom. The van der Waals surface area contributed by atoms with Crippen LogP contribution >= 0.6 is 34.8 Å². The molecule has 2 amide bonds. The molecule has 1 atom stereocenters. The second-order valence-corrected chi connectivity index (χ2v) is 9.65. The number of halogens is 1. The molecule has 0 aliphatic carbocycles. The third-order valence-electron chi connectivity index (χ3n) is 5.66. The number of hydrogen-bond acceptors (Lipinski definition) is 4. The number of thiocarbonyl (C=S) groups is 1. The van der Waals surface area contributed by atoms with E-state index in [1.54, 1.807) is 24.1 Å². The molecule has 0 aromatic heterocycles. The van der Waals surface area contributed by atoms with E-state index in [2.05, 4.69) is 34.8 Å². The number of nitrogens with one attached hydrogen (secondary N) is 1. The Bertz CT molecular complexity index is 966. The quantitative estimate of drug-likeness (QED) is 0.213. The van der Waals surface area contributed by atoms with Crippen molar-refractivity contribution in [3.05, 3.63) is 52.1 Å². The standard InChI is InChI=1S/C25H30IN3O3S/c1-3-4-5-6-7-16-28-22(17-23(30)27-19-10-8-18(26)9-11-19)24(31)29(25(28)33)20-12-14-21(32-2)15-13-20/h8-15,22H,3-7,16-17H2,1-2H3,(H,27,30). The van der Waals surface area contributed by atoms with Gasteiger partial charge in [-0.2, -0.15) is 0 Å². The summed E-state index contributed by atoms with van der Waals surface area (Å²) in [6.07, 6.45) is 5.58. The first-order valence-electron chi connectivity index (χ1n) is 11.3. The number of ether oxygens (including phenoxy) is 1. The number of carbonyl (C=O) groups excluding carboxylic acids is 2. The van der Waals surface area contributed by atoms with Crippen molar-refractivity contribution in [2.45, 2.75) is 51.5 Å². The van der Waals surface area contributed by atoms with Gasteiger partial charge in [0.05, 0.1) is 19.2 Å². The average molecular weight is 580 g/mol. The molecular formula is C25H30IN3O3S. The maximum atomic E-state index is 13.4. The second kappa shape index (κ2) is 12.3. The van der Waals surface area contributed by atoms with Gasteiger partial charge in [-0.15, -0.1) is 0 Å². The summed E-state index contributed by atoms with van der Waals surface area (Å²) in [5.74, 6) is 0.332.